The average Bonchev–Trinajstić information content (AvgIpc) is 3.30. The fourth-order valence-corrected chi connectivity index (χ4v) is 6.31. The quantitative estimate of drug-likeness (QED) is 0.199. The Balaban J connectivity index is 1.73. The van der Waals surface area contributed by atoms with Crippen LogP contribution in [-0.4, -0.2) is 77.2 Å². The van der Waals surface area contributed by atoms with E-state index < -0.39 is 71.2 Å². The Morgan fingerprint density at radius 2 is 1.64 bits per heavy atom. The molecule has 2 fully saturated rings. The zero-order chi connectivity index (χ0) is 35.3. The van der Waals surface area contributed by atoms with E-state index in [9.17, 15) is 28.8 Å². The van der Waals surface area contributed by atoms with E-state index in [0.29, 0.717) is 13.0 Å². The van der Waals surface area contributed by atoms with Gasteiger partial charge in [0.1, 0.15) is 23.7 Å². The Kier molecular flexibility index (Phi) is 11.6. The number of ketones is 1. The number of likely N-dealkylation sites (tertiary alicyclic amines) is 1. The summed E-state index contributed by atoms with van der Waals surface area (Å²) >= 11 is 0. The van der Waals surface area contributed by atoms with E-state index in [4.69, 9.17) is 4.74 Å². The van der Waals surface area contributed by atoms with Gasteiger partial charge in [-0.1, -0.05) is 71.0 Å². The third-order valence-corrected chi connectivity index (χ3v) is 8.74. The van der Waals surface area contributed by atoms with Crippen LogP contribution in [0.3, 0.4) is 0 Å². The molecule has 0 spiro atoms. The summed E-state index contributed by atoms with van der Waals surface area (Å²) in [6.45, 7) is 18.6. The number of rotatable bonds is 12. The molecular weight excluding hydrogens is 602 g/mol. The molecule has 5 amide bonds. The Bertz CT molecular complexity index is 1360. The first kappa shape index (κ1) is 37.2. The molecule has 12 nitrogen and oxygen atoms in total. The molecule has 5 atom stereocenters. The maximum absolute atomic E-state index is 14.2. The summed E-state index contributed by atoms with van der Waals surface area (Å²) in [5.74, 6) is -3.59. The molecule has 1 saturated heterocycles. The zero-order valence-corrected chi connectivity index (χ0v) is 28.9. The number of hydrogen-bond donors (Lipinski definition) is 4. The second-order valence-corrected chi connectivity index (χ2v) is 15.2. The molecule has 1 unspecified atom stereocenters. The molecule has 1 heterocycles. The second-order valence-electron chi connectivity index (χ2n) is 15.2. The summed E-state index contributed by atoms with van der Waals surface area (Å²) < 4.78 is 5.42. The van der Waals surface area contributed by atoms with Crippen molar-refractivity contribution in [2.45, 2.75) is 98.5 Å². The van der Waals surface area contributed by atoms with Gasteiger partial charge in [0.05, 0.1) is 6.54 Å². The molecule has 2 aliphatic rings. The minimum Gasteiger partial charge on any atom is -0.444 e. The molecule has 0 aromatic heterocycles. The van der Waals surface area contributed by atoms with Gasteiger partial charge in [-0.05, 0) is 61.8 Å². The summed E-state index contributed by atoms with van der Waals surface area (Å²) in [6.07, 6.45) is 1.31. The van der Waals surface area contributed by atoms with Crippen LogP contribution in [0.1, 0.15) is 73.8 Å². The van der Waals surface area contributed by atoms with E-state index in [-0.39, 0.29) is 30.2 Å². The molecule has 1 saturated carbocycles. The second kappa shape index (κ2) is 14.7. The van der Waals surface area contributed by atoms with Gasteiger partial charge in [-0.25, -0.2) is 4.79 Å². The van der Waals surface area contributed by atoms with Crippen LogP contribution in [0.25, 0.3) is 0 Å². The van der Waals surface area contributed by atoms with Crippen molar-refractivity contribution in [3.8, 4) is 0 Å². The van der Waals surface area contributed by atoms with Crippen LogP contribution in [0.4, 0.5) is 4.79 Å². The van der Waals surface area contributed by atoms with E-state index in [2.05, 4.69) is 41.7 Å². The molecule has 1 aromatic rings. The van der Waals surface area contributed by atoms with E-state index >= 15 is 0 Å². The van der Waals surface area contributed by atoms with Gasteiger partial charge in [0, 0.05) is 13.1 Å². The van der Waals surface area contributed by atoms with Gasteiger partial charge in [0.25, 0.3) is 5.91 Å². The molecule has 1 aliphatic heterocycles. The molecule has 4 N–H and O–H groups in total. The predicted octanol–water partition coefficient (Wildman–Crippen LogP) is 2.86. The Morgan fingerprint density at radius 3 is 2.19 bits per heavy atom. The Labute approximate surface area is 277 Å². The van der Waals surface area contributed by atoms with E-state index in [1.54, 1.807) is 20.8 Å². The minimum absolute atomic E-state index is 0.0237. The number of Topliss-reactive ketones (excluding diaryl/α,β-unsaturated/α-hetero) is 1. The highest BCUT2D eigenvalue weighted by atomic mass is 16.6. The first-order chi connectivity index (χ1) is 21.7. The molecule has 0 radical (unpaired) electrons. The van der Waals surface area contributed by atoms with E-state index in [1.165, 1.54) is 11.0 Å². The van der Waals surface area contributed by atoms with Crippen molar-refractivity contribution in [1.82, 2.24) is 26.2 Å². The smallest absolute Gasteiger partial charge is 0.408 e. The summed E-state index contributed by atoms with van der Waals surface area (Å²) in [4.78, 5) is 80.6. The molecule has 258 valence electrons. The van der Waals surface area contributed by atoms with Crippen molar-refractivity contribution >= 4 is 35.5 Å². The van der Waals surface area contributed by atoms with E-state index in [1.807, 2.05) is 51.1 Å². The van der Waals surface area contributed by atoms with Gasteiger partial charge in [-0.15, -0.1) is 6.58 Å². The Hall–Kier alpha value is -4.22. The van der Waals surface area contributed by atoms with Crippen molar-refractivity contribution < 1.29 is 33.5 Å². The van der Waals surface area contributed by atoms with Crippen LogP contribution in [0.2, 0.25) is 0 Å². The average molecular weight is 654 g/mol. The van der Waals surface area contributed by atoms with Gasteiger partial charge < -0.3 is 30.9 Å². The normalized spacial score (nSPS) is 21.2. The maximum atomic E-state index is 14.2. The largest absolute Gasteiger partial charge is 0.444 e. The number of benzene rings is 1. The number of carbonyl (C=O) groups excluding carboxylic acids is 6. The number of carbonyl (C=O) groups is 6. The van der Waals surface area contributed by atoms with Crippen molar-refractivity contribution in [2.24, 2.45) is 22.7 Å². The van der Waals surface area contributed by atoms with Crippen LogP contribution >= 0.6 is 0 Å². The van der Waals surface area contributed by atoms with Crippen LogP contribution in [-0.2, 0) is 35.3 Å². The van der Waals surface area contributed by atoms with Crippen molar-refractivity contribution in [3.63, 3.8) is 0 Å². The zero-order valence-electron chi connectivity index (χ0n) is 28.9. The predicted molar refractivity (Wildman–Crippen MR) is 177 cm³/mol. The third kappa shape index (κ3) is 9.65. The number of hydrogen-bond acceptors (Lipinski definition) is 7. The number of ether oxygens (including phenoxy) is 1. The first-order valence-corrected chi connectivity index (χ1v) is 16.1. The molecule has 0 bridgehead atoms. The number of nitrogens with zero attached hydrogens (tertiary/aromatic N) is 1. The fourth-order valence-electron chi connectivity index (χ4n) is 6.31. The highest BCUT2D eigenvalue weighted by Crippen LogP contribution is 2.57. The molecule has 3 rings (SSSR count). The molecule has 1 aromatic carbocycles. The highest BCUT2D eigenvalue weighted by Gasteiger charge is 2.61. The third-order valence-electron chi connectivity index (χ3n) is 8.74. The van der Waals surface area contributed by atoms with Crippen molar-refractivity contribution in [2.75, 3.05) is 13.1 Å². The first-order valence-electron chi connectivity index (χ1n) is 16.1. The van der Waals surface area contributed by atoms with E-state index in [0.717, 1.165) is 5.56 Å². The summed E-state index contributed by atoms with van der Waals surface area (Å²) in [5, 5.41) is 10.4. The van der Waals surface area contributed by atoms with Crippen LogP contribution in [0, 0.1) is 22.7 Å². The van der Waals surface area contributed by atoms with Gasteiger partial charge in [0.15, 0.2) is 0 Å². The van der Waals surface area contributed by atoms with Crippen molar-refractivity contribution in [3.05, 3.63) is 48.6 Å². The van der Waals surface area contributed by atoms with Gasteiger partial charge in [-0.2, -0.15) is 0 Å². The summed E-state index contributed by atoms with van der Waals surface area (Å²) in [5.41, 5.74) is -0.743. The Morgan fingerprint density at radius 1 is 1.00 bits per heavy atom. The lowest BCUT2D eigenvalue weighted by Crippen LogP contribution is -2.60. The monoisotopic (exact) mass is 653 g/mol. The molecule has 1 aliphatic carbocycles. The number of nitrogens with one attached hydrogen (secondary N) is 4. The molecular formula is C35H51N5O7. The number of alkyl carbamates (subject to hydrolysis) is 1. The summed E-state index contributed by atoms with van der Waals surface area (Å²) in [6, 6.07) is 6.05. The van der Waals surface area contributed by atoms with Gasteiger partial charge in [0.2, 0.25) is 23.5 Å². The number of amides is 5. The van der Waals surface area contributed by atoms with Crippen LogP contribution < -0.4 is 21.3 Å². The fraction of sp³-hybridized carbons (Fsp3) is 0.600. The highest BCUT2D eigenvalue weighted by molar-refractivity contribution is 6.38. The van der Waals surface area contributed by atoms with Crippen LogP contribution in [0.5, 0.6) is 0 Å². The lowest BCUT2D eigenvalue weighted by atomic mass is 9.55. The summed E-state index contributed by atoms with van der Waals surface area (Å²) in [7, 11) is 0. The lowest BCUT2D eigenvalue weighted by molar-refractivity contribution is -0.145. The standard InChI is InChI=1S/C35H51N5O7/c1-10-14-24(27(42)30(44)37-19-25(41)36-18-21-15-12-11-13-16-21)38-29(43)26-22-17-35(8,9)23(22)20-40(26)31(45)28(33(2,3)4)39-32(46)47-34(5,6)7/h10-13,15-16,22-24,26,28H,1,14,17-20H2,2-9H3,(H,36,41)(H,37,44)(H,38,43)(H,39,46)/t22-,23-,24?,26-,28+/m0/s1. The molecule has 12 heteroatoms. The topological polar surface area (TPSA) is 163 Å². The van der Waals surface area contributed by atoms with Crippen LogP contribution in [0.15, 0.2) is 43.0 Å². The SMILES string of the molecule is C=CCC(NC(=O)[C@@H]1[C@H]2CC(C)(C)[C@H]2CN1C(=O)[C@@H](NC(=O)OC(C)(C)C)C(C)(C)C)C(=O)C(=O)NCC(=O)NCc1ccccc1. The molecule has 47 heavy (non-hydrogen) atoms. The maximum Gasteiger partial charge on any atom is 0.408 e. The minimum atomic E-state index is -1.25. The van der Waals surface area contributed by atoms with Crippen molar-refractivity contribution in [1.29, 1.82) is 0 Å². The van der Waals surface area contributed by atoms with Gasteiger partial charge >= 0.3 is 6.09 Å². The van der Waals surface area contributed by atoms with Gasteiger partial charge in [-0.3, -0.25) is 24.0 Å². The number of fused-ring (bicyclic) bond motifs is 1. The lowest BCUT2D eigenvalue weighted by Gasteiger charge is -2.48.